The van der Waals surface area contributed by atoms with Crippen LogP contribution in [0.5, 0.6) is 0 Å². The van der Waals surface area contributed by atoms with Gasteiger partial charge in [0.2, 0.25) is 5.13 Å². The molecule has 1 N–H and O–H groups in total. The third-order valence-electron chi connectivity index (χ3n) is 3.34. The van der Waals surface area contributed by atoms with E-state index in [1.807, 2.05) is 37.3 Å². The van der Waals surface area contributed by atoms with Crippen molar-refractivity contribution in [2.75, 3.05) is 5.43 Å². The second-order valence-electron chi connectivity index (χ2n) is 4.98. The van der Waals surface area contributed by atoms with Crippen LogP contribution in [0.2, 0.25) is 0 Å². The summed E-state index contributed by atoms with van der Waals surface area (Å²) in [5, 5.41) is 15.7. The van der Waals surface area contributed by atoms with Crippen LogP contribution in [0.1, 0.15) is 10.4 Å². The topological polar surface area (TPSA) is 80.4 Å². The maximum Gasteiger partial charge on any atom is 0.278 e. The first-order chi connectivity index (χ1) is 11.6. The van der Waals surface area contributed by atoms with E-state index in [1.165, 1.54) is 23.6 Å². The smallest absolute Gasteiger partial charge is 0.258 e. The van der Waals surface area contributed by atoms with Gasteiger partial charge in [-0.15, -0.1) is 11.3 Å². The molecule has 7 heteroatoms. The van der Waals surface area contributed by atoms with Gasteiger partial charge in [0.25, 0.3) is 5.69 Å². The monoisotopic (exact) mass is 338 g/mol. The van der Waals surface area contributed by atoms with Crippen LogP contribution in [-0.4, -0.2) is 16.1 Å². The molecule has 2 aromatic carbocycles. The molecule has 3 aromatic rings. The lowest BCUT2D eigenvalue weighted by Gasteiger charge is -1.97. The summed E-state index contributed by atoms with van der Waals surface area (Å²) in [6.45, 7) is 2.00. The number of nitrogens with zero attached hydrogens (tertiary/aromatic N) is 3. The number of rotatable bonds is 5. The molecular formula is C17H14N4O2S. The number of benzene rings is 2. The summed E-state index contributed by atoms with van der Waals surface area (Å²) in [7, 11) is 0. The van der Waals surface area contributed by atoms with Crippen LogP contribution in [-0.2, 0) is 0 Å². The highest BCUT2D eigenvalue weighted by molar-refractivity contribution is 7.15. The van der Waals surface area contributed by atoms with Crippen LogP contribution >= 0.6 is 11.3 Å². The minimum atomic E-state index is -0.428. The zero-order valence-corrected chi connectivity index (χ0v) is 13.7. The van der Waals surface area contributed by atoms with E-state index in [2.05, 4.69) is 15.5 Å². The molecule has 0 radical (unpaired) electrons. The Balaban J connectivity index is 1.78. The highest BCUT2D eigenvalue weighted by Crippen LogP contribution is 2.30. The number of nitrogens with one attached hydrogen (secondary N) is 1. The summed E-state index contributed by atoms with van der Waals surface area (Å²) in [5.41, 5.74) is 5.25. The molecule has 0 bridgehead atoms. The summed E-state index contributed by atoms with van der Waals surface area (Å²) in [4.78, 5) is 16.1. The number of nitro benzene ring substituents is 1. The molecule has 0 atom stereocenters. The standard InChI is InChI=1S/C17H14N4O2S/c1-12-16(13-7-3-2-4-8-13)19-17(24-12)20-18-11-14-9-5-6-10-15(14)21(22)23/h2-11H,1H3,(H,19,20)/b18-11+. The first kappa shape index (κ1) is 15.8. The van der Waals surface area contributed by atoms with E-state index in [0.29, 0.717) is 10.7 Å². The van der Waals surface area contributed by atoms with Gasteiger partial charge in [0.1, 0.15) is 0 Å². The van der Waals surface area contributed by atoms with E-state index in [9.17, 15) is 10.1 Å². The van der Waals surface area contributed by atoms with Crippen molar-refractivity contribution in [3.8, 4) is 11.3 Å². The van der Waals surface area contributed by atoms with Crippen LogP contribution in [0.3, 0.4) is 0 Å². The van der Waals surface area contributed by atoms with Crippen molar-refractivity contribution in [2.45, 2.75) is 6.92 Å². The van der Waals surface area contributed by atoms with Crippen molar-refractivity contribution in [2.24, 2.45) is 5.10 Å². The summed E-state index contributed by atoms with van der Waals surface area (Å²) in [5.74, 6) is 0. The molecule has 0 saturated heterocycles. The van der Waals surface area contributed by atoms with Crippen LogP contribution in [0.4, 0.5) is 10.8 Å². The molecule has 0 unspecified atom stereocenters. The molecule has 0 aliphatic carbocycles. The van der Waals surface area contributed by atoms with Gasteiger partial charge in [0.05, 0.1) is 22.4 Å². The Kier molecular flexibility index (Phi) is 4.62. The third-order valence-corrected chi connectivity index (χ3v) is 4.22. The molecule has 1 aromatic heterocycles. The van der Waals surface area contributed by atoms with E-state index in [-0.39, 0.29) is 5.69 Å². The van der Waals surface area contributed by atoms with E-state index in [1.54, 1.807) is 18.2 Å². The Hall–Kier alpha value is -3.06. The van der Waals surface area contributed by atoms with Gasteiger partial charge in [0, 0.05) is 16.5 Å². The van der Waals surface area contributed by atoms with Crippen LogP contribution in [0.25, 0.3) is 11.3 Å². The molecule has 0 saturated carbocycles. The second kappa shape index (κ2) is 7.01. The highest BCUT2D eigenvalue weighted by atomic mass is 32.1. The van der Waals surface area contributed by atoms with Crippen LogP contribution in [0, 0.1) is 17.0 Å². The molecule has 0 spiro atoms. The van der Waals surface area contributed by atoms with Crippen molar-refractivity contribution in [1.82, 2.24) is 4.98 Å². The van der Waals surface area contributed by atoms with Gasteiger partial charge in [-0.2, -0.15) is 5.10 Å². The maximum atomic E-state index is 11.0. The number of hydrogen-bond acceptors (Lipinski definition) is 6. The Labute approximate surface area is 142 Å². The van der Waals surface area contributed by atoms with Crippen LogP contribution in [0.15, 0.2) is 59.7 Å². The minimum Gasteiger partial charge on any atom is -0.258 e. The molecule has 6 nitrogen and oxygen atoms in total. The summed E-state index contributed by atoms with van der Waals surface area (Å²) in [6.07, 6.45) is 1.43. The second-order valence-corrected chi connectivity index (χ2v) is 6.18. The van der Waals surface area contributed by atoms with Crippen molar-refractivity contribution in [3.63, 3.8) is 0 Å². The first-order valence-corrected chi connectivity index (χ1v) is 8.02. The van der Waals surface area contributed by atoms with Gasteiger partial charge in [-0.1, -0.05) is 42.5 Å². The molecular weight excluding hydrogens is 324 g/mol. The Morgan fingerprint density at radius 2 is 1.88 bits per heavy atom. The lowest BCUT2D eigenvalue weighted by molar-refractivity contribution is -0.385. The normalized spacial score (nSPS) is 10.9. The Morgan fingerprint density at radius 3 is 2.62 bits per heavy atom. The lowest BCUT2D eigenvalue weighted by Crippen LogP contribution is -1.96. The quantitative estimate of drug-likeness (QED) is 0.423. The number of hydrogen-bond donors (Lipinski definition) is 1. The molecule has 0 aliphatic rings. The molecule has 0 aliphatic heterocycles. The van der Waals surface area contributed by atoms with Gasteiger partial charge in [-0.25, -0.2) is 4.98 Å². The maximum absolute atomic E-state index is 11.0. The average molecular weight is 338 g/mol. The zero-order chi connectivity index (χ0) is 16.9. The SMILES string of the molecule is Cc1sc(N/N=C/c2ccccc2[N+](=O)[O-])nc1-c1ccccc1. The van der Waals surface area contributed by atoms with Gasteiger partial charge < -0.3 is 0 Å². The first-order valence-electron chi connectivity index (χ1n) is 7.20. The summed E-state index contributed by atoms with van der Waals surface area (Å²) < 4.78 is 0. The van der Waals surface area contributed by atoms with E-state index in [4.69, 9.17) is 0 Å². The Bertz CT molecular complexity index is 891. The van der Waals surface area contributed by atoms with Gasteiger partial charge in [0.15, 0.2) is 0 Å². The number of aromatic nitrogens is 1. The number of nitro groups is 1. The largest absolute Gasteiger partial charge is 0.278 e. The zero-order valence-electron chi connectivity index (χ0n) is 12.8. The number of para-hydroxylation sites is 1. The Morgan fingerprint density at radius 1 is 1.17 bits per heavy atom. The fourth-order valence-electron chi connectivity index (χ4n) is 2.23. The number of aryl methyl sites for hydroxylation is 1. The van der Waals surface area contributed by atoms with Gasteiger partial charge in [-0.3, -0.25) is 15.5 Å². The van der Waals surface area contributed by atoms with Gasteiger partial charge >= 0.3 is 0 Å². The van der Waals surface area contributed by atoms with E-state index in [0.717, 1.165) is 16.1 Å². The van der Waals surface area contributed by atoms with Crippen molar-refractivity contribution < 1.29 is 4.92 Å². The molecule has 24 heavy (non-hydrogen) atoms. The van der Waals surface area contributed by atoms with Crippen LogP contribution < -0.4 is 5.43 Å². The third kappa shape index (κ3) is 3.47. The number of anilines is 1. The molecule has 0 fully saturated rings. The van der Waals surface area contributed by atoms with Crippen molar-refractivity contribution in [1.29, 1.82) is 0 Å². The fraction of sp³-hybridized carbons (Fsp3) is 0.0588. The molecule has 0 amide bonds. The molecule has 3 rings (SSSR count). The molecule has 120 valence electrons. The summed E-state index contributed by atoms with van der Waals surface area (Å²) in [6, 6.07) is 16.3. The van der Waals surface area contributed by atoms with E-state index < -0.39 is 4.92 Å². The highest BCUT2D eigenvalue weighted by Gasteiger charge is 2.11. The predicted molar refractivity (Wildman–Crippen MR) is 96.6 cm³/mol. The fourth-order valence-corrected chi connectivity index (χ4v) is 3.01. The van der Waals surface area contributed by atoms with Crippen molar-refractivity contribution >= 4 is 28.4 Å². The number of hydrazone groups is 1. The minimum absolute atomic E-state index is 0.0170. The van der Waals surface area contributed by atoms with E-state index >= 15 is 0 Å². The average Bonchev–Trinajstić information content (AvgIpc) is 2.97. The van der Waals surface area contributed by atoms with Gasteiger partial charge in [-0.05, 0) is 13.0 Å². The van der Waals surface area contributed by atoms with Crippen molar-refractivity contribution in [3.05, 3.63) is 75.2 Å². The molecule has 1 heterocycles. The lowest BCUT2D eigenvalue weighted by atomic mass is 10.1. The predicted octanol–water partition coefficient (Wildman–Crippen LogP) is 4.47. The number of thiazole rings is 1. The summed E-state index contributed by atoms with van der Waals surface area (Å²) >= 11 is 1.48.